The highest BCUT2D eigenvalue weighted by atomic mass is 16.6. The summed E-state index contributed by atoms with van der Waals surface area (Å²) in [4.78, 5) is 36.9. The third kappa shape index (κ3) is 36.2. The van der Waals surface area contributed by atoms with Crippen molar-refractivity contribution < 1.29 is 38.2 Å². The molecule has 0 amide bonds. The molecule has 0 aromatic rings. The molecule has 8 heteroatoms. The maximum atomic E-state index is 12.7. The van der Waals surface area contributed by atoms with Gasteiger partial charge in [0.05, 0.1) is 34.4 Å². The Hall–Kier alpha value is -3.49. The van der Waals surface area contributed by atoms with Gasteiger partial charge in [-0.25, -0.2) is 4.79 Å². The molecule has 0 saturated carbocycles. The standard InChI is InChI=1S/C48H79NO7/c1-6-8-10-12-14-16-18-20-21-22-23-24-25-27-29-31-33-35-37-39-47(51)56-44(42-54-41-40-45(48(52)53)49(3,4)5)43-55-46(50)38-36-34-32-30-28-26-19-17-15-13-11-9-7-2/h9,11,13-20,26,28,30,32,44-45H,6-8,10,12,21-25,27,29,31,33-43H2,1-5H3/p+1/b11-9+,15-13+,16-14+,19-17+,20-18+,28-26+,32-30+. The summed E-state index contributed by atoms with van der Waals surface area (Å²) in [5.41, 5.74) is 0. The van der Waals surface area contributed by atoms with E-state index >= 15 is 0 Å². The fraction of sp³-hybridized carbons (Fsp3) is 0.646. The van der Waals surface area contributed by atoms with Crippen molar-refractivity contribution in [2.45, 2.75) is 161 Å². The predicted octanol–water partition coefficient (Wildman–Crippen LogP) is 11.7. The van der Waals surface area contributed by atoms with E-state index < -0.39 is 18.1 Å². The Morgan fingerprint density at radius 2 is 1.02 bits per heavy atom. The van der Waals surface area contributed by atoms with E-state index in [1.165, 1.54) is 70.6 Å². The van der Waals surface area contributed by atoms with Crippen molar-refractivity contribution >= 4 is 17.9 Å². The Morgan fingerprint density at radius 3 is 1.55 bits per heavy atom. The Labute approximate surface area is 342 Å². The molecule has 0 heterocycles. The number of likely N-dealkylation sites (N-methyl/N-ethyl adjacent to an activating group) is 1. The summed E-state index contributed by atoms with van der Waals surface area (Å²) in [5.74, 6) is -1.58. The SMILES string of the molecule is CC/C=C/C=C/C=C/C=C/C=C/CCCC(=O)OCC(COCCC(C(=O)O)[N+](C)(C)C)OC(=O)CCCCCCCCCCCC/C=C/C=C/CCCCC. The van der Waals surface area contributed by atoms with Crippen LogP contribution < -0.4 is 0 Å². The second kappa shape index (κ2) is 38.4. The zero-order valence-electron chi connectivity index (χ0n) is 36.1. The van der Waals surface area contributed by atoms with E-state index in [1.54, 1.807) is 0 Å². The van der Waals surface area contributed by atoms with E-state index in [0.29, 0.717) is 19.3 Å². The van der Waals surface area contributed by atoms with Crippen LogP contribution in [0.5, 0.6) is 0 Å². The maximum absolute atomic E-state index is 12.7. The minimum atomic E-state index is -0.889. The van der Waals surface area contributed by atoms with Gasteiger partial charge in [0.1, 0.15) is 6.61 Å². The molecule has 0 rings (SSSR count). The number of nitrogens with zero attached hydrogens (tertiary/aromatic N) is 1. The lowest BCUT2D eigenvalue weighted by Crippen LogP contribution is -2.50. The molecule has 2 unspecified atom stereocenters. The first-order valence-corrected chi connectivity index (χ1v) is 21.7. The molecule has 1 N–H and O–H groups in total. The van der Waals surface area contributed by atoms with Crippen molar-refractivity contribution in [2.24, 2.45) is 0 Å². The number of allylic oxidation sites excluding steroid dienone is 14. The lowest BCUT2D eigenvalue weighted by molar-refractivity contribution is -0.887. The fourth-order valence-electron chi connectivity index (χ4n) is 5.82. The Balaban J connectivity index is 4.43. The van der Waals surface area contributed by atoms with Gasteiger partial charge >= 0.3 is 17.9 Å². The number of unbranched alkanes of at least 4 members (excludes halogenated alkanes) is 14. The number of quaternary nitrogens is 1. The van der Waals surface area contributed by atoms with Crippen molar-refractivity contribution in [1.29, 1.82) is 0 Å². The summed E-state index contributed by atoms with van der Waals surface area (Å²) in [5, 5.41) is 9.61. The zero-order chi connectivity index (χ0) is 41.4. The van der Waals surface area contributed by atoms with Crippen LogP contribution in [0.2, 0.25) is 0 Å². The second-order valence-electron chi connectivity index (χ2n) is 15.4. The van der Waals surface area contributed by atoms with E-state index in [0.717, 1.165) is 38.5 Å². The predicted molar refractivity (Wildman–Crippen MR) is 233 cm³/mol. The third-order valence-corrected chi connectivity index (χ3v) is 9.18. The number of aliphatic carboxylic acids is 1. The zero-order valence-corrected chi connectivity index (χ0v) is 36.1. The minimum Gasteiger partial charge on any atom is -0.477 e. The van der Waals surface area contributed by atoms with Gasteiger partial charge in [-0.2, -0.15) is 0 Å². The average molecular weight is 783 g/mol. The molecular formula is C48H80NO7+. The molecule has 0 aromatic heterocycles. The summed E-state index contributed by atoms with van der Waals surface area (Å²) in [7, 11) is 5.49. The Kier molecular flexibility index (Phi) is 36.0. The van der Waals surface area contributed by atoms with Crippen LogP contribution in [0.4, 0.5) is 0 Å². The van der Waals surface area contributed by atoms with Crippen LogP contribution in [0.1, 0.15) is 149 Å². The highest BCUT2D eigenvalue weighted by Crippen LogP contribution is 2.14. The van der Waals surface area contributed by atoms with Crippen LogP contribution in [0.3, 0.4) is 0 Å². The summed E-state index contributed by atoms with van der Waals surface area (Å²) < 4.78 is 17.2. The molecule has 0 aliphatic heterocycles. The minimum absolute atomic E-state index is 0.0322. The lowest BCUT2D eigenvalue weighted by atomic mass is 10.1. The van der Waals surface area contributed by atoms with Gasteiger partial charge in [0.15, 0.2) is 12.1 Å². The molecule has 0 aliphatic rings. The van der Waals surface area contributed by atoms with E-state index in [1.807, 2.05) is 75.8 Å². The summed E-state index contributed by atoms with van der Waals surface area (Å²) in [6.45, 7) is 4.46. The fourth-order valence-corrected chi connectivity index (χ4v) is 5.82. The average Bonchev–Trinajstić information content (AvgIpc) is 3.15. The smallest absolute Gasteiger partial charge is 0.362 e. The highest BCUT2D eigenvalue weighted by Gasteiger charge is 2.31. The number of rotatable bonds is 37. The van der Waals surface area contributed by atoms with Gasteiger partial charge in [0, 0.05) is 19.3 Å². The molecule has 8 nitrogen and oxygen atoms in total. The van der Waals surface area contributed by atoms with Crippen molar-refractivity contribution in [3.05, 3.63) is 85.1 Å². The normalized spacial score (nSPS) is 13.8. The first kappa shape index (κ1) is 52.5. The summed E-state index contributed by atoms with van der Waals surface area (Å²) >= 11 is 0. The van der Waals surface area contributed by atoms with E-state index in [4.69, 9.17) is 14.2 Å². The van der Waals surface area contributed by atoms with Crippen LogP contribution in [0, 0.1) is 0 Å². The largest absolute Gasteiger partial charge is 0.477 e. The number of carbonyl (C=O) groups is 3. The number of carbonyl (C=O) groups excluding carboxylic acids is 2. The molecule has 56 heavy (non-hydrogen) atoms. The van der Waals surface area contributed by atoms with E-state index in [2.05, 4.69) is 44.2 Å². The number of carboxylic acid groups (broad SMARTS) is 1. The van der Waals surface area contributed by atoms with Crippen LogP contribution in [-0.4, -0.2) is 80.6 Å². The molecule has 0 bridgehead atoms. The monoisotopic (exact) mass is 783 g/mol. The van der Waals surface area contributed by atoms with Gasteiger partial charge in [0.2, 0.25) is 0 Å². The molecule has 0 fully saturated rings. The molecule has 0 saturated heterocycles. The topological polar surface area (TPSA) is 99.1 Å². The molecule has 0 spiro atoms. The van der Waals surface area contributed by atoms with Crippen molar-refractivity contribution in [3.63, 3.8) is 0 Å². The van der Waals surface area contributed by atoms with Crippen LogP contribution in [0.15, 0.2) is 85.1 Å². The van der Waals surface area contributed by atoms with Gasteiger partial charge in [0.25, 0.3) is 0 Å². The highest BCUT2D eigenvalue weighted by molar-refractivity contribution is 5.72. The maximum Gasteiger partial charge on any atom is 0.362 e. The Bertz CT molecular complexity index is 1190. The molecule has 0 aliphatic carbocycles. The number of hydrogen-bond acceptors (Lipinski definition) is 6. The van der Waals surface area contributed by atoms with Crippen LogP contribution in [-0.2, 0) is 28.6 Å². The van der Waals surface area contributed by atoms with Gasteiger partial charge in [-0.3, -0.25) is 9.59 Å². The molecule has 2 atom stereocenters. The second-order valence-corrected chi connectivity index (χ2v) is 15.4. The molecule has 318 valence electrons. The van der Waals surface area contributed by atoms with Crippen molar-refractivity contribution in [2.75, 3.05) is 41.0 Å². The van der Waals surface area contributed by atoms with Crippen molar-refractivity contribution in [3.8, 4) is 0 Å². The molecular weight excluding hydrogens is 703 g/mol. The number of esters is 2. The summed E-state index contributed by atoms with van der Waals surface area (Å²) in [6.07, 6.45) is 49.2. The van der Waals surface area contributed by atoms with E-state index in [9.17, 15) is 19.5 Å². The quantitative estimate of drug-likeness (QED) is 0.0290. The van der Waals surface area contributed by atoms with Gasteiger partial charge < -0.3 is 23.8 Å². The van der Waals surface area contributed by atoms with E-state index in [-0.39, 0.29) is 42.7 Å². The number of carboxylic acids is 1. The first-order chi connectivity index (χ1) is 27.1. The molecule has 0 radical (unpaired) electrons. The Morgan fingerprint density at radius 1 is 0.554 bits per heavy atom. The molecule has 0 aromatic carbocycles. The van der Waals surface area contributed by atoms with Gasteiger partial charge in [-0.15, -0.1) is 0 Å². The number of ether oxygens (including phenoxy) is 3. The van der Waals surface area contributed by atoms with Crippen LogP contribution in [0.25, 0.3) is 0 Å². The van der Waals surface area contributed by atoms with Crippen molar-refractivity contribution in [1.82, 2.24) is 0 Å². The van der Waals surface area contributed by atoms with Gasteiger partial charge in [-0.05, 0) is 51.4 Å². The third-order valence-electron chi connectivity index (χ3n) is 9.18. The first-order valence-electron chi connectivity index (χ1n) is 21.7. The lowest BCUT2D eigenvalue weighted by Gasteiger charge is -2.31. The number of hydrogen-bond donors (Lipinski definition) is 1. The van der Waals surface area contributed by atoms with Gasteiger partial charge in [-0.1, -0.05) is 163 Å². The summed E-state index contributed by atoms with van der Waals surface area (Å²) in [6, 6.07) is -0.630. The van der Waals surface area contributed by atoms with Crippen LogP contribution >= 0.6 is 0 Å².